The number of carbonyl (C=O) groups excluding carboxylic acids is 6. The van der Waals surface area contributed by atoms with Crippen LogP contribution in [0.25, 0.3) is 0 Å². The number of hydrogen-bond donors (Lipinski definition) is 6. The maximum atomic E-state index is 11.9. The van der Waals surface area contributed by atoms with E-state index >= 15 is 0 Å². The van der Waals surface area contributed by atoms with Crippen LogP contribution in [0.3, 0.4) is 0 Å². The Hall–Kier alpha value is -3.18. The maximum absolute atomic E-state index is 11.9. The van der Waals surface area contributed by atoms with Gasteiger partial charge in [0.2, 0.25) is 23.6 Å². The van der Waals surface area contributed by atoms with Crippen molar-refractivity contribution >= 4 is 35.2 Å². The molecule has 0 radical (unpaired) electrons. The lowest BCUT2D eigenvalue weighted by atomic mass is 10.2. The standard InChI is InChI=1S/C31H58N6O14.C5H12.C2H6/c32-20-26(38)22-48-16-12-46-10-6-36-30(42)24-50-18-14-44-8-4-34-28(40)2-1-3-29(41)35-5-9-45-15-19-51-25-31(43)37-7-11-47-13-17-49-23-27(39)21-33;1-3-5-4-2;1-2/h1-25,32-33H2,(H,34,40)(H,35,41)(H,36,42)(H,37,43);3-5H2,1-2H3;1-2H3. The fourth-order valence-corrected chi connectivity index (χ4v) is 3.79. The van der Waals surface area contributed by atoms with E-state index < -0.39 is 0 Å². The molecule has 4 amide bonds. The quantitative estimate of drug-likeness (QED) is 0.0405. The molecule has 0 heterocycles. The minimum atomic E-state index is -0.293. The zero-order valence-corrected chi connectivity index (χ0v) is 35.7. The van der Waals surface area contributed by atoms with Gasteiger partial charge in [-0.15, -0.1) is 0 Å². The van der Waals surface area contributed by atoms with Crippen molar-refractivity contribution in [1.29, 1.82) is 0 Å². The van der Waals surface area contributed by atoms with Crippen LogP contribution in [0, 0.1) is 0 Å². The maximum Gasteiger partial charge on any atom is 0.246 e. The first-order valence-electron chi connectivity index (χ1n) is 20.3. The summed E-state index contributed by atoms with van der Waals surface area (Å²) in [5, 5.41) is 10.7. The first kappa shape index (κ1) is 59.1. The van der Waals surface area contributed by atoms with E-state index in [4.69, 9.17) is 49.4 Å². The molecule has 0 unspecified atom stereocenters. The first-order chi connectivity index (χ1) is 28.2. The number of Topliss-reactive ketones (excluding diaryl/α,β-unsaturated/α-hetero) is 2. The van der Waals surface area contributed by atoms with Crippen molar-refractivity contribution in [3.05, 3.63) is 0 Å². The van der Waals surface area contributed by atoms with Crippen LogP contribution in [0.4, 0.5) is 0 Å². The van der Waals surface area contributed by atoms with E-state index in [2.05, 4.69) is 35.1 Å². The van der Waals surface area contributed by atoms with Crippen molar-refractivity contribution < 1.29 is 66.7 Å². The highest BCUT2D eigenvalue weighted by atomic mass is 16.5. The number of ketones is 2. The average molecular weight is 841 g/mol. The number of rotatable bonds is 40. The molecular formula is C38H76N6O14. The van der Waals surface area contributed by atoms with Crippen LogP contribution in [-0.4, -0.2) is 180 Å². The van der Waals surface area contributed by atoms with E-state index in [9.17, 15) is 28.8 Å². The summed E-state index contributed by atoms with van der Waals surface area (Å²) in [6.45, 7) is 12.4. The molecule has 0 atom stereocenters. The predicted octanol–water partition coefficient (Wildman–Crippen LogP) is -0.967. The van der Waals surface area contributed by atoms with Gasteiger partial charge < -0.3 is 70.6 Å². The first-order valence-corrected chi connectivity index (χ1v) is 20.3. The average Bonchev–Trinajstić information content (AvgIpc) is 3.22. The van der Waals surface area contributed by atoms with Gasteiger partial charge in [0.25, 0.3) is 0 Å². The largest absolute Gasteiger partial charge is 0.377 e. The minimum Gasteiger partial charge on any atom is -0.377 e. The van der Waals surface area contributed by atoms with Gasteiger partial charge in [0.15, 0.2) is 11.6 Å². The van der Waals surface area contributed by atoms with Crippen LogP contribution in [0.5, 0.6) is 0 Å². The monoisotopic (exact) mass is 841 g/mol. The minimum absolute atomic E-state index is 0.0400. The fraction of sp³-hybridized carbons (Fsp3) is 0.842. The Morgan fingerprint density at radius 3 is 0.931 bits per heavy atom. The number of nitrogens with two attached hydrogens (primary N) is 2. The molecule has 20 heteroatoms. The summed E-state index contributed by atoms with van der Waals surface area (Å²) >= 11 is 0. The topological polar surface area (TPSA) is 276 Å². The van der Waals surface area contributed by atoms with Crippen LogP contribution in [0.2, 0.25) is 0 Å². The molecule has 0 aromatic carbocycles. The van der Waals surface area contributed by atoms with Crippen molar-refractivity contribution in [2.75, 3.05) is 145 Å². The van der Waals surface area contributed by atoms with Gasteiger partial charge in [-0.3, -0.25) is 28.8 Å². The molecule has 0 aliphatic heterocycles. The smallest absolute Gasteiger partial charge is 0.246 e. The third-order valence-electron chi connectivity index (χ3n) is 6.72. The molecule has 0 aliphatic carbocycles. The molecular weight excluding hydrogens is 764 g/mol. The van der Waals surface area contributed by atoms with Gasteiger partial charge in [0, 0.05) is 39.0 Å². The molecule has 0 aromatic rings. The fourth-order valence-electron chi connectivity index (χ4n) is 3.79. The van der Waals surface area contributed by atoms with Crippen molar-refractivity contribution in [2.45, 2.75) is 66.2 Å². The molecule has 0 spiro atoms. The van der Waals surface area contributed by atoms with Gasteiger partial charge in [-0.05, 0) is 6.42 Å². The van der Waals surface area contributed by atoms with E-state index in [1.54, 1.807) is 0 Å². The molecule has 342 valence electrons. The lowest BCUT2D eigenvalue weighted by Gasteiger charge is -2.09. The third kappa shape index (κ3) is 50.8. The van der Waals surface area contributed by atoms with Crippen molar-refractivity contribution in [3.8, 4) is 0 Å². The Kier molecular flexibility index (Phi) is 50.9. The summed E-state index contributed by atoms with van der Waals surface area (Å²) in [6, 6.07) is 0. The third-order valence-corrected chi connectivity index (χ3v) is 6.72. The number of amides is 4. The molecule has 0 aromatic heterocycles. The Balaban J connectivity index is -0.00000398. The van der Waals surface area contributed by atoms with E-state index in [1.165, 1.54) is 19.3 Å². The summed E-state index contributed by atoms with van der Waals surface area (Å²) in [5.74, 6) is -1.34. The second-order valence-electron chi connectivity index (χ2n) is 11.8. The number of hydrogen-bond acceptors (Lipinski definition) is 16. The second kappa shape index (κ2) is 50.0. The van der Waals surface area contributed by atoms with Gasteiger partial charge in [-0.25, -0.2) is 0 Å². The van der Waals surface area contributed by atoms with Gasteiger partial charge in [0.05, 0.1) is 92.4 Å². The molecule has 0 saturated heterocycles. The Morgan fingerprint density at radius 2 is 0.655 bits per heavy atom. The molecule has 20 nitrogen and oxygen atoms in total. The van der Waals surface area contributed by atoms with E-state index in [1.807, 2.05) is 13.8 Å². The molecule has 0 aliphatic rings. The lowest BCUT2D eigenvalue weighted by Crippen LogP contribution is -2.31. The lowest BCUT2D eigenvalue weighted by molar-refractivity contribution is -0.127. The Bertz CT molecular complexity index is 923. The van der Waals surface area contributed by atoms with Gasteiger partial charge in [-0.1, -0.05) is 47.0 Å². The van der Waals surface area contributed by atoms with Crippen LogP contribution in [0.1, 0.15) is 66.2 Å². The summed E-state index contributed by atoms with van der Waals surface area (Å²) < 4.78 is 41.9. The molecule has 8 N–H and O–H groups in total. The van der Waals surface area contributed by atoms with Crippen molar-refractivity contribution in [2.24, 2.45) is 11.5 Å². The van der Waals surface area contributed by atoms with E-state index in [0.29, 0.717) is 59.0 Å². The highest BCUT2D eigenvalue weighted by Gasteiger charge is 2.06. The zero-order chi connectivity index (χ0) is 43.7. The Morgan fingerprint density at radius 1 is 0.379 bits per heavy atom. The van der Waals surface area contributed by atoms with Gasteiger partial charge in [-0.2, -0.15) is 0 Å². The Labute approximate surface area is 345 Å². The van der Waals surface area contributed by atoms with Crippen molar-refractivity contribution in [3.63, 3.8) is 0 Å². The second-order valence-corrected chi connectivity index (χ2v) is 11.8. The number of ether oxygens (including phenoxy) is 8. The molecule has 0 fully saturated rings. The molecule has 58 heavy (non-hydrogen) atoms. The van der Waals surface area contributed by atoms with E-state index in [0.717, 1.165) is 0 Å². The van der Waals surface area contributed by atoms with Crippen LogP contribution < -0.4 is 32.7 Å². The summed E-state index contributed by atoms with van der Waals surface area (Å²) in [4.78, 5) is 69.2. The van der Waals surface area contributed by atoms with Crippen LogP contribution >= 0.6 is 0 Å². The van der Waals surface area contributed by atoms with E-state index in [-0.39, 0.29) is 140 Å². The summed E-state index contributed by atoms with van der Waals surface area (Å²) in [5.41, 5.74) is 10.3. The van der Waals surface area contributed by atoms with Gasteiger partial charge >= 0.3 is 0 Å². The highest BCUT2D eigenvalue weighted by molar-refractivity contribution is 5.82. The molecule has 0 bridgehead atoms. The van der Waals surface area contributed by atoms with Crippen LogP contribution in [0.15, 0.2) is 0 Å². The van der Waals surface area contributed by atoms with Gasteiger partial charge in [0.1, 0.15) is 26.4 Å². The highest BCUT2D eigenvalue weighted by Crippen LogP contribution is 1.95. The predicted molar refractivity (Wildman–Crippen MR) is 217 cm³/mol. The number of unbranched alkanes of at least 4 members (excludes halogenated alkanes) is 2. The molecule has 0 rings (SSSR count). The number of carbonyl (C=O) groups is 6. The normalized spacial score (nSPS) is 10.4. The molecule has 0 saturated carbocycles. The summed E-state index contributed by atoms with van der Waals surface area (Å²) in [7, 11) is 0. The SMILES string of the molecule is CC.CCCCC.NCC(=O)COCCOCCNC(=O)COCCOCCNC(=O)CCCC(=O)NCCOCCOCC(=O)NCCOCCOCC(=O)CN. The number of nitrogens with one attached hydrogen (secondary N) is 4. The summed E-state index contributed by atoms with van der Waals surface area (Å²) in [6.07, 6.45) is 4.86. The zero-order valence-electron chi connectivity index (χ0n) is 35.7. The van der Waals surface area contributed by atoms with Crippen LogP contribution in [-0.2, 0) is 66.7 Å². The van der Waals surface area contributed by atoms with Crippen molar-refractivity contribution in [1.82, 2.24) is 21.3 Å².